The second kappa shape index (κ2) is 7.66. The van der Waals surface area contributed by atoms with Crippen LogP contribution in [0.2, 0.25) is 0 Å². The molecule has 1 saturated heterocycles. The van der Waals surface area contributed by atoms with Gasteiger partial charge in [0, 0.05) is 48.8 Å². The number of aromatic nitrogens is 4. The summed E-state index contributed by atoms with van der Waals surface area (Å²) >= 11 is 0. The molecular formula is C20H24N6. The molecule has 1 atom stereocenters. The Kier molecular flexibility index (Phi) is 4.93. The van der Waals surface area contributed by atoms with Crippen molar-refractivity contribution in [3.05, 3.63) is 60.2 Å². The van der Waals surface area contributed by atoms with Crippen LogP contribution in [0.4, 0.5) is 5.82 Å². The van der Waals surface area contributed by atoms with Gasteiger partial charge in [0.2, 0.25) is 0 Å². The summed E-state index contributed by atoms with van der Waals surface area (Å²) in [5, 5.41) is 10.8. The van der Waals surface area contributed by atoms with Gasteiger partial charge in [0.15, 0.2) is 0 Å². The Morgan fingerprint density at radius 2 is 2.19 bits per heavy atom. The second-order valence-electron chi connectivity index (χ2n) is 6.95. The molecular weight excluding hydrogens is 324 g/mol. The Labute approximate surface area is 153 Å². The molecule has 4 heterocycles. The Morgan fingerprint density at radius 1 is 1.23 bits per heavy atom. The number of pyridine rings is 2. The second-order valence-corrected chi connectivity index (χ2v) is 6.95. The molecule has 0 aliphatic carbocycles. The topological polar surface area (TPSA) is 69.7 Å². The maximum absolute atomic E-state index is 4.52. The third-order valence-electron chi connectivity index (χ3n) is 4.89. The van der Waals surface area contributed by atoms with Crippen LogP contribution in [0.3, 0.4) is 0 Å². The van der Waals surface area contributed by atoms with Crippen molar-refractivity contribution in [1.82, 2.24) is 25.1 Å². The largest absolute Gasteiger partial charge is 0.370 e. The molecule has 0 bridgehead atoms. The molecule has 4 rings (SSSR count). The minimum Gasteiger partial charge on any atom is -0.370 e. The van der Waals surface area contributed by atoms with Crippen LogP contribution in [-0.4, -0.2) is 44.7 Å². The number of nitrogens with zero attached hydrogens (tertiary/aromatic N) is 4. The number of aryl methyl sites for hydroxylation is 1. The van der Waals surface area contributed by atoms with E-state index in [4.69, 9.17) is 0 Å². The third kappa shape index (κ3) is 3.91. The molecule has 6 nitrogen and oxygen atoms in total. The highest BCUT2D eigenvalue weighted by Gasteiger charge is 2.23. The monoisotopic (exact) mass is 348 g/mol. The van der Waals surface area contributed by atoms with Crippen molar-refractivity contribution >= 4 is 5.82 Å². The van der Waals surface area contributed by atoms with Gasteiger partial charge in [0.05, 0.1) is 11.9 Å². The lowest BCUT2D eigenvalue weighted by molar-refractivity contribution is 0.319. The SMILES string of the molecule is Cc1cccc(NCC2CCN(Cc3cn[nH]c3-c3cccnc3)C2)n1. The normalized spacial score (nSPS) is 17.5. The summed E-state index contributed by atoms with van der Waals surface area (Å²) in [5.41, 5.74) is 4.43. The average Bonchev–Trinajstić information content (AvgIpc) is 3.31. The molecule has 0 aromatic carbocycles. The fraction of sp³-hybridized carbons (Fsp3) is 0.350. The van der Waals surface area contributed by atoms with Crippen LogP contribution >= 0.6 is 0 Å². The number of likely N-dealkylation sites (tertiary alicyclic amines) is 1. The summed E-state index contributed by atoms with van der Waals surface area (Å²) in [7, 11) is 0. The van der Waals surface area contributed by atoms with Gasteiger partial charge in [0.25, 0.3) is 0 Å². The molecule has 2 N–H and O–H groups in total. The van der Waals surface area contributed by atoms with E-state index in [0.29, 0.717) is 5.92 Å². The molecule has 1 aliphatic heterocycles. The highest BCUT2D eigenvalue weighted by atomic mass is 15.2. The van der Waals surface area contributed by atoms with Crippen molar-refractivity contribution in [1.29, 1.82) is 0 Å². The lowest BCUT2D eigenvalue weighted by Crippen LogP contribution is -2.23. The van der Waals surface area contributed by atoms with Crippen LogP contribution in [0.5, 0.6) is 0 Å². The van der Waals surface area contributed by atoms with Crippen LogP contribution in [-0.2, 0) is 6.54 Å². The van der Waals surface area contributed by atoms with Crippen molar-refractivity contribution in [2.75, 3.05) is 25.0 Å². The van der Waals surface area contributed by atoms with Crippen LogP contribution in [0.15, 0.2) is 48.9 Å². The van der Waals surface area contributed by atoms with Gasteiger partial charge < -0.3 is 5.32 Å². The zero-order valence-corrected chi connectivity index (χ0v) is 15.0. The van der Waals surface area contributed by atoms with Crippen LogP contribution < -0.4 is 5.32 Å². The van der Waals surface area contributed by atoms with Crippen molar-refractivity contribution in [2.45, 2.75) is 19.9 Å². The minimum atomic E-state index is 0.644. The Hall–Kier alpha value is -2.73. The van der Waals surface area contributed by atoms with Gasteiger partial charge in [0.1, 0.15) is 5.82 Å². The van der Waals surface area contributed by atoms with Gasteiger partial charge in [-0.1, -0.05) is 6.07 Å². The van der Waals surface area contributed by atoms with Gasteiger partial charge in [-0.05, 0) is 50.1 Å². The van der Waals surface area contributed by atoms with Gasteiger partial charge in [-0.15, -0.1) is 0 Å². The number of H-pyrrole nitrogens is 1. The van der Waals surface area contributed by atoms with Gasteiger partial charge >= 0.3 is 0 Å². The molecule has 0 amide bonds. The zero-order chi connectivity index (χ0) is 17.8. The fourth-order valence-electron chi connectivity index (χ4n) is 3.55. The van der Waals surface area contributed by atoms with Crippen LogP contribution in [0, 0.1) is 12.8 Å². The lowest BCUT2D eigenvalue weighted by Gasteiger charge is -2.16. The van der Waals surface area contributed by atoms with E-state index in [0.717, 1.165) is 48.9 Å². The van der Waals surface area contributed by atoms with Crippen molar-refractivity contribution in [3.63, 3.8) is 0 Å². The average molecular weight is 348 g/mol. The number of rotatable bonds is 6. The van der Waals surface area contributed by atoms with Crippen LogP contribution in [0.1, 0.15) is 17.7 Å². The zero-order valence-electron chi connectivity index (χ0n) is 15.0. The molecule has 134 valence electrons. The van der Waals surface area contributed by atoms with Crippen molar-refractivity contribution < 1.29 is 0 Å². The molecule has 0 radical (unpaired) electrons. The summed E-state index contributed by atoms with van der Waals surface area (Å²) in [6.45, 7) is 6.11. The molecule has 3 aromatic rings. The summed E-state index contributed by atoms with van der Waals surface area (Å²) < 4.78 is 0. The number of hydrogen-bond donors (Lipinski definition) is 2. The number of hydrogen-bond acceptors (Lipinski definition) is 5. The predicted octanol–water partition coefficient (Wildman–Crippen LogP) is 3.11. The summed E-state index contributed by atoms with van der Waals surface area (Å²) in [4.78, 5) is 11.2. The molecule has 3 aromatic heterocycles. The number of nitrogens with one attached hydrogen (secondary N) is 2. The number of anilines is 1. The smallest absolute Gasteiger partial charge is 0.126 e. The first-order valence-electron chi connectivity index (χ1n) is 9.10. The van der Waals surface area contributed by atoms with E-state index in [9.17, 15) is 0 Å². The minimum absolute atomic E-state index is 0.644. The van der Waals surface area contributed by atoms with E-state index >= 15 is 0 Å². The van der Waals surface area contributed by atoms with Gasteiger partial charge in [-0.25, -0.2) is 4.98 Å². The summed E-state index contributed by atoms with van der Waals surface area (Å²) in [5.74, 6) is 1.61. The first-order valence-corrected chi connectivity index (χ1v) is 9.10. The standard InChI is InChI=1S/C20H24N6/c1-15-4-2-6-19(24-15)22-10-16-7-9-26(13-16)14-18-12-23-25-20(18)17-5-3-8-21-11-17/h2-6,8,11-12,16H,7,9-10,13-14H2,1H3,(H,22,24)(H,23,25). The highest BCUT2D eigenvalue weighted by Crippen LogP contribution is 2.24. The molecule has 1 aliphatic rings. The quantitative estimate of drug-likeness (QED) is 0.716. The van der Waals surface area contributed by atoms with E-state index in [-0.39, 0.29) is 0 Å². The van der Waals surface area contributed by atoms with Crippen molar-refractivity contribution in [3.8, 4) is 11.3 Å². The molecule has 1 unspecified atom stereocenters. The number of aromatic amines is 1. The lowest BCUT2D eigenvalue weighted by atomic mass is 10.1. The van der Waals surface area contributed by atoms with Gasteiger partial charge in [-0.2, -0.15) is 5.10 Å². The van der Waals surface area contributed by atoms with E-state index < -0.39 is 0 Å². The predicted molar refractivity (Wildman–Crippen MR) is 103 cm³/mol. The molecule has 1 fully saturated rings. The third-order valence-corrected chi connectivity index (χ3v) is 4.89. The van der Waals surface area contributed by atoms with Gasteiger partial charge in [-0.3, -0.25) is 15.0 Å². The summed E-state index contributed by atoms with van der Waals surface area (Å²) in [6, 6.07) is 10.1. The van der Waals surface area contributed by atoms with E-state index in [1.165, 1.54) is 12.0 Å². The molecule has 0 spiro atoms. The Bertz CT molecular complexity index is 844. The molecule has 0 saturated carbocycles. The van der Waals surface area contributed by atoms with E-state index in [2.05, 4.69) is 36.4 Å². The highest BCUT2D eigenvalue weighted by molar-refractivity contribution is 5.61. The molecule has 26 heavy (non-hydrogen) atoms. The first kappa shape index (κ1) is 16.7. The van der Waals surface area contributed by atoms with Crippen molar-refractivity contribution in [2.24, 2.45) is 5.92 Å². The Balaban J connectivity index is 1.33. The maximum atomic E-state index is 4.52. The fourth-order valence-corrected chi connectivity index (χ4v) is 3.55. The maximum Gasteiger partial charge on any atom is 0.126 e. The summed E-state index contributed by atoms with van der Waals surface area (Å²) in [6.07, 6.45) is 6.81. The first-order chi connectivity index (χ1) is 12.8. The van der Waals surface area contributed by atoms with E-state index in [1.54, 1.807) is 6.20 Å². The van der Waals surface area contributed by atoms with Crippen LogP contribution in [0.25, 0.3) is 11.3 Å². The Morgan fingerprint density at radius 3 is 3.04 bits per heavy atom. The molecule has 6 heteroatoms. The van der Waals surface area contributed by atoms with E-state index in [1.807, 2.05) is 43.6 Å².